The lowest BCUT2D eigenvalue weighted by molar-refractivity contribution is 0.475. The summed E-state index contributed by atoms with van der Waals surface area (Å²) in [6.45, 7) is 2.06. The number of hydrogen-bond acceptors (Lipinski definition) is 5. The Kier molecular flexibility index (Phi) is 3.51. The minimum Gasteiger partial charge on any atom is -0.508 e. The Labute approximate surface area is 121 Å². The quantitative estimate of drug-likeness (QED) is 0.684. The second-order valence-electron chi connectivity index (χ2n) is 4.77. The third-order valence-electron chi connectivity index (χ3n) is 3.24. The lowest BCUT2D eigenvalue weighted by Gasteiger charge is -2.16. The first-order valence-electron chi connectivity index (χ1n) is 6.62. The van der Waals surface area contributed by atoms with Crippen molar-refractivity contribution in [2.24, 2.45) is 0 Å². The summed E-state index contributed by atoms with van der Waals surface area (Å²) in [7, 11) is 0. The average molecular weight is 281 g/mol. The Balaban J connectivity index is 1.78. The van der Waals surface area contributed by atoms with E-state index in [1.165, 1.54) is 0 Å². The molecule has 0 aliphatic rings. The number of H-pyrrole nitrogens is 1. The monoisotopic (exact) mass is 281 g/mol. The first-order valence-corrected chi connectivity index (χ1v) is 6.62. The number of benzene rings is 2. The van der Waals surface area contributed by atoms with Gasteiger partial charge in [0.2, 0.25) is 5.82 Å². The van der Waals surface area contributed by atoms with Crippen molar-refractivity contribution in [3.05, 3.63) is 54.1 Å². The molecule has 0 aliphatic heterocycles. The minimum atomic E-state index is 0.117. The third kappa shape index (κ3) is 3.00. The van der Waals surface area contributed by atoms with Crippen molar-refractivity contribution in [1.82, 2.24) is 20.6 Å². The molecule has 0 bridgehead atoms. The van der Waals surface area contributed by atoms with E-state index in [2.05, 4.69) is 32.9 Å². The zero-order valence-electron chi connectivity index (χ0n) is 11.5. The Bertz CT molecular complexity index is 709. The number of aromatic hydroxyl groups is 1. The maximum atomic E-state index is 9.33. The fourth-order valence-corrected chi connectivity index (χ4v) is 2.13. The molecule has 1 heterocycles. The third-order valence-corrected chi connectivity index (χ3v) is 3.24. The number of nitrogens with zero attached hydrogens (tertiary/aromatic N) is 3. The molecule has 1 atom stereocenters. The zero-order valence-corrected chi connectivity index (χ0v) is 11.5. The summed E-state index contributed by atoms with van der Waals surface area (Å²) < 4.78 is 0. The van der Waals surface area contributed by atoms with Crippen molar-refractivity contribution in [1.29, 1.82) is 0 Å². The van der Waals surface area contributed by atoms with Crippen LogP contribution >= 0.6 is 0 Å². The molecule has 6 nitrogen and oxygen atoms in total. The van der Waals surface area contributed by atoms with E-state index in [-0.39, 0.29) is 11.8 Å². The number of aromatic nitrogens is 4. The lowest BCUT2D eigenvalue weighted by atomic mass is 10.1. The minimum absolute atomic E-state index is 0.117. The molecule has 0 amide bonds. The number of phenols is 1. The fourth-order valence-electron chi connectivity index (χ4n) is 2.13. The number of hydrogen-bond donors (Lipinski definition) is 3. The molecule has 3 N–H and O–H groups in total. The zero-order chi connectivity index (χ0) is 14.7. The SMILES string of the molecule is CC(Nc1cccc(-c2nn[nH]n2)c1)c1ccc(O)cc1. The summed E-state index contributed by atoms with van der Waals surface area (Å²) in [4.78, 5) is 0. The maximum Gasteiger partial charge on any atom is 0.204 e. The molecule has 0 fully saturated rings. The number of anilines is 1. The van der Waals surface area contributed by atoms with Gasteiger partial charge in [0.05, 0.1) is 0 Å². The molecule has 2 aromatic carbocycles. The summed E-state index contributed by atoms with van der Waals surface area (Å²) in [5.74, 6) is 0.834. The Morgan fingerprint density at radius 1 is 1.14 bits per heavy atom. The molecule has 0 aliphatic carbocycles. The summed E-state index contributed by atoms with van der Waals surface area (Å²) in [6.07, 6.45) is 0. The molecule has 0 radical (unpaired) electrons. The van der Waals surface area contributed by atoms with Crippen molar-refractivity contribution >= 4 is 5.69 Å². The predicted molar refractivity (Wildman–Crippen MR) is 79.8 cm³/mol. The van der Waals surface area contributed by atoms with Crippen molar-refractivity contribution < 1.29 is 5.11 Å². The highest BCUT2D eigenvalue weighted by Gasteiger charge is 2.07. The summed E-state index contributed by atoms with van der Waals surface area (Å²) in [5, 5.41) is 26.7. The second-order valence-corrected chi connectivity index (χ2v) is 4.77. The van der Waals surface area contributed by atoms with Gasteiger partial charge < -0.3 is 10.4 Å². The molecule has 21 heavy (non-hydrogen) atoms. The van der Waals surface area contributed by atoms with Crippen LogP contribution < -0.4 is 5.32 Å². The van der Waals surface area contributed by atoms with Gasteiger partial charge in [-0.15, -0.1) is 10.2 Å². The van der Waals surface area contributed by atoms with Gasteiger partial charge in [-0.3, -0.25) is 0 Å². The first kappa shape index (κ1) is 13.1. The second kappa shape index (κ2) is 5.62. The fraction of sp³-hybridized carbons (Fsp3) is 0.133. The van der Waals surface area contributed by atoms with Crippen LogP contribution in [0, 0.1) is 0 Å². The number of rotatable bonds is 4. The molecule has 3 aromatic rings. The van der Waals surface area contributed by atoms with Gasteiger partial charge in [0.25, 0.3) is 0 Å². The van der Waals surface area contributed by atoms with Gasteiger partial charge in [-0.2, -0.15) is 5.21 Å². The Hall–Kier alpha value is -2.89. The van der Waals surface area contributed by atoms with E-state index in [4.69, 9.17) is 0 Å². The predicted octanol–water partition coefficient (Wildman–Crippen LogP) is 2.75. The Morgan fingerprint density at radius 3 is 2.67 bits per heavy atom. The van der Waals surface area contributed by atoms with Crippen LogP contribution in [-0.4, -0.2) is 25.7 Å². The molecular formula is C15H15N5O. The van der Waals surface area contributed by atoms with Gasteiger partial charge in [-0.25, -0.2) is 0 Å². The number of nitrogens with one attached hydrogen (secondary N) is 2. The standard InChI is InChI=1S/C15H15N5O/c1-10(11-5-7-14(21)8-6-11)16-13-4-2-3-12(9-13)15-17-19-20-18-15/h2-10,16,21H,1H3,(H,17,18,19,20). The molecule has 3 rings (SSSR count). The van der Waals surface area contributed by atoms with Gasteiger partial charge in [0, 0.05) is 17.3 Å². The van der Waals surface area contributed by atoms with Crippen molar-refractivity contribution in [2.45, 2.75) is 13.0 Å². The van der Waals surface area contributed by atoms with E-state index in [1.54, 1.807) is 12.1 Å². The smallest absolute Gasteiger partial charge is 0.204 e. The van der Waals surface area contributed by atoms with E-state index in [0.29, 0.717) is 5.82 Å². The van der Waals surface area contributed by atoms with Gasteiger partial charge in [-0.1, -0.05) is 24.3 Å². The van der Waals surface area contributed by atoms with E-state index >= 15 is 0 Å². The van der Waals surface area contributed by atoms with Gasteiger partial charge in [0.1, 0.15) is 5.75 Å². The average Bonchev–Trinajstić information content (AvgIpc) is 3.02. The number of phenolic OH excluding ortho intramolecular Hbond substituents is 1. The largest absolute Gasteiger partial charge is 0.508 e. The van der Waals surface area contributed by atoms with Crippen molar-refractivity contribution in [2.75, 3.05) is 5.32 Å². The molecule has 1 unspecified atom stereocenters. The Morgan fingerprint density at radius 2 is 1.95 bits per heavy atom. The molecule has 0 saturated heterocycles. The topological polar surface area (TPSA) is 86.7 Å². The summed E-state index contributed by atoms with van der Waals surface area (Å²) >= 11 is 0. The van der Waals surface area contributed by atoms with Gasteiger partial charge in [0.15, 0.2) is 0 Å². The van der Waals surface area contributed by atoms with E-state index < -0.39 is 0 Å². The highest BCUT2D eigenvalue weighted by Crippen LogP contribution is 2.24. The van der Waals surface area contributed by atoms with Crippen LogP contribution in [0.1, 0.15) is 18.5 Å². The van der Waals surface area contributed by atoms with Crippen LogP contribution in [0.4, 0.5) is 5.69 Å². The van der Waals surface area contributed by atoms with Gasteiger partial charge in [-0.05, 0) is 42.0 Å². The van der Waals surface area contributed by atoms with Crippen LogP contribution in [0.15, 0.2) is 48.5 Å². The van der Waals surface area contributed by atoms with Crippen LogP contribution in [0.25, 0.3) is 11.4 Å². The highest BCUT2D eigenvalue weighted by molar-refractivity contribution is 5.62. The molecule has 1 aromatic heterocycles. The van der Waals surface area contributed by atoms with Crippen LogP contribution in [-0.2, 0) is 0 Å². The summed E-state index contributed by atoms with van der Waals surface area (Å²) in [5.41, 5.74) is 2.96. The normalized spacial score (nSPS) is 12.0. The van der Waals surface area contributed by atoms with Crippen LogP contribution in [0.2, 0.25) is 0 Å². The summed E-state index contributed by atoms with van der Waals surface area (Å²) in [6, 6.07) is 15.1. The first-order chi connectivity index (χ1) is 10.2. The van der Waals surface area contributed by atoms with Crippen LogP contribution in [0.5, 0.6) is 5.75 Å². The maximum absolute atomic E-state index is 9.33. The molecular weight excluding hydrogens is 266 g/mol. The molecule has 0 spiro atoms. The number of aromatic amines is 1. The number of tetrazole rings is 1. The van der Waals surface area contributed by atoms with E-state index in [1.807, 2.05) is 36.4 Å². The van der Waals surface area contributed by atoms with Crippen molar-refractivity contribution in [3.63, 3.8) is 0 Å². The molecule has 6 heteroatoms. The van der Waals surface area contributed by atoms with E-state index in [0.717, 1.165) is 16.8 Å². The van der Waals surface area contributed by atoms with E-state index in [9.17, 15) is 5.11 Å². The van der Waals surface area contributed by atoms with Crippen LogP contribution in [0.3, 0.4) is 0 Å². The molecule has 0 saturated carbocycles. The van der Waals surface area contributed by atoms with Gasteiger partial charge >= 0.3 is 0 Å². The molecule has 106 valence electrons. The lowest BCUT2D eigenvalue weighted by Crippen LogP contribution is -2.06. The van der Waals surface area contributed by atoms with Crippen molar-refractivity contribution in [3.8, 4) is 17.1 Å². The highest BCUT2D eigenvalue weighted by atomic mass is 16.3.